The van der Waals surface area contributed by atoms with E-state index in [-0.39, 0.29) is 6.61 Å². The van der Waals surface area contributed by atoms with Gasteiger partial charge in [0.15, 0.2) is 0 Å². The molecule has 0 saturated heterocycles. The smallest absolute Gasteiger partial charge is 0.145 e. The molecule has 0 atom stereocenters. The Kier molecular flexibility index (Phi) is 6.27. The highest BCUT2D eigenvalue weighted by molar-refractivity contribution is 5.76. The molecule has 4 nitrogen and oxygen atoms in total. The van der Waals surface area contributed by atoms with Crippen LogP contribution in [0, 0.1) is 0 Å². The number of nitrogens with one attached hydrogen (secondary N) is 1. The number of aliphatic hydroxyl groups excluding tert-OH is 1. The highest BCUT2D eigenvalue weighted by Gasteiger charge is 2.07. The van der Waals surface area contributed by atoms with Crippen LogP contribution in [0.3, 0.4) is 0 Å². The fourth-order valence-electron chi connectivity index (χ4n) is 2.20. The van der Waals surface area contributed by atoms with Crippen molar-refractivity contribution in [2.24, 2.45) is 0 Å². The lowest BCUT2D eigenvalue weighted by Crippen LogP contribution is -2.04. The molecule has 2 rings (SSSR count). The van der Waals surface area contributed by atoms with Crippen molar-refractivity contribution >= 4 is 11.4 Å². The van der Waals surface area contributed by atoms with Crippen LogP contribution in [0.5, 0.6) is 0 Å². The van der Waals surface area contributed by atoms with E-state index < -0.39 is 0 Å². The molecule has 0 saturated carbocycles. The Bertz CT molecular complexity index is 706. The Morgan fingerprint density at radius 2 is 2.04 bits per heavy atom. The minimum Gasteiger partial charge on any atom is -0.392 e. The number of aromatic nitrogens is 2. The van der Waals surface area contributed by atoms with Gasteiger partial charge in [0.25, 0.3) is 0 Å². The first-order chi connectivity index (χ1) is 11.3. The zero-order valence-electron chi connectivity index (χ0n) is 13.2. The molecule has 4 heteroatoms. The van der Waals surface area contributed by atoms with Gasteiger partial charge in [-0.15, -0.1) is 0 Å². The van der Waals surface area contributed by atoms with Crippen LogP contribution in [0.4, 0.5) is 5.82 Å². The highest BCUT2D eigenvalue weighted by atomic mass is 16.3. The van der Waals surface area contributed by atoms with Crippen molar-refractivity contribution in [2.45, 2.75) is 13.5 Å². The number of hydrogen-bond acceptors (Lipinski definition) is 4. The van der Waals surface area contributed by atoms with Crippen LogP contribution in [-0.4, -0.2) is 21.7 Å². The van der Waals surface area contributed by atoms with Gasteiger partial charge in [0.1, 0.15) is 5.82 Å². The maximum atomic E-state index is 9.52. The molecule has 1 heterocycles. The van der Waals surface area contributed by atoms with Gasteiger partial charge >= 0.3 is 0 Å². The Labute approximate surface area is 136 Å². The molecule has 0 fully saturated rings. The third-order valence-corrected chi connectivity index (χ3v) is 3.32. The second kappa shape index (κ2) is 8.66. The second-order valence-electron chi connectivity index (χ2n) is 4.93. The molecule has 118 valence electrons. The number of nitrogens with zero attached hydrogens (tertiary/aromatic N) is 2. The first-order valence-corrected chi connectivity index (χ1v) is 7.47. The van der Waals surface area contributed by atoms with Crippen molar-refractivity contribution < 1.29 is 5.11 Å². The summed E-state index contributed by atoms with van der Waals surface area (Å²) < 4.78 is 0. The standard InChI is InChI=1S/C19H21N3O/c1-3-8-16(14-23)17(4-2)18-12-20-13-19(22-18)21-11-15-9-6-5-7-10-15/h3-10,12-13,23H,2,11,14H2,1H3,(H,21,22)/b8-3-,17-16-. The van der Waals surface area contributed by atoms with E-state index in [4.69, 9.17) is 0 Å². The molecular formula is C19H21N3O. The summed E-state index contributed by atoms with van der Waals surface area (Å²) in [6.45, 7) is 6.32. The summed E-state index contributed by atoms with van der Waals surface area (Å²) in [5.74, 6) is 0.684. The summed E-state index contributed by atoms with van der Waals surface area (Å²) in [6, 6.07) is 10.1. The lowest BCUT2D eigenvalue weighted by atomic mass is 10.1. The normalized spacial score (nSPS) is 12.1. The lowest BCUT2D eigenvalue weighted by Gasteiger charge is -2.10. The van der Waals surface area contributed by atoms with Gasteiger partial charge in [-0.25, -0.2) is 4.98 Å². The molecule has 0 amide bonds. The number of aliphatic hydroxyl groups is 1. The molecule has 1 aromatic heterocycles. The summed E-state index contributed by atoms with van der Waals surface area (Å²) in [6.07, 6.45) is 8.77. The first kappa shape index (κ1) is 16.6. The molecule has 0 aliphatic heterocycles. The molecule has 0 bridgehead atoms. The van der Waals surface area contributed by atoms with Crippen molar-refractivity contribution in [3.8, 4) is 0 Å². The SMILES string of the molecule is C=C/C(=C(\C=C/C)CO)c1cncc(NCc2ccccc2)n1. The topological polar surface area (TPSA) is 58.0 Å². The predicted octanol–water partition coefficient (Wildman–Crippen LogP) is 3.60. The van der Waals surface area contributed by atoms with Gasteiger partial charge in [-0.2, -0.15) is 0 Å². The van der Waals surface area contributed by atoms with E-state index in [0.717, 1.165) is 11.1 Å². The zero-order valence-corrected chi connectivity index (χ0v) is 13.2. The number of hydrogen-bond donors (Lipinski definition) is 2. The third-order valence-electron chi connectivity index (χ3n) is 3.32. The van der Waals surface area contributed by atoms with Crippen LogP contribution < -0.4 is 5.32 Å². The summed E-state index contributed by atoms with van der Waals surface area (Å²) in [7, 11) is 0. The second-order valence-corrected chi connectivity index (χ2v) is 4.93. The van der Waals surface area contributed by atoms with Crippen molar-refractivity contribution in [3.05, 3.63) is 84.4 Å². The molecule has 0 aliphatic rings. The molecular weight excluding hydrogens is 286 g/mol. The Morgan fingerprint density at radius 1 is 1.26 bits per heavy atom. The monoisotopic (exact) mass is 307 g/mol. The maximum Gasteiger partial charge on any atom is 0.145 e. The quantitative estimate of drug-likeness (QED) is 0.767. The van der Waals surface area contributed by atoms with Crippen LogP contribution in [0.25, 0.3) is 5.57 Å². The van der Waals surface area contributed by atoms with Gasteiger partial charge in [-0.3, -0.25) is 4.98 Å². The molecule has 0 unspecified atom stereocenters. The molecule has 1 aromatic carbocycles. The van der Waals surface area contributed by atoms with E-state index in [1.807, 2.05) is 37.3 Å². The molecule has 23 heavy (non-hydrogen) atoms. The number of anilines is 1. The van der Waals surface area contributed by atoms with Crippen LogP contribution >= 0.6 is 0 Å². The minimum absolute atomic E-state index is 0.0744. The van der Waals surface area contributed by atoms with Gasteiger partial charge in [0.2, 0.25) is 0 Å². The number of benzene rings is 1. The molecule has 0 aliphatic carbocycles. The first-order valence-electron chi connectivity index (χ1n) is 7.47. The van der Waals surface area contributed by atoms with Crippen molar-refractivity contribution in [3.63, 3.8) is 0 Å². The molecule has 0 radical (unpaired) electrons. The molecule has 2 N–H and O–H groups in total. The molecule has 2 aromatic rings. The largest absolute Gasteiger partial charge is 0.392 e. The van der Waals surface area contributed by atoms with E-state index in [1.54, 1.807) is 18.5 Å². The lowest BCUT2D eigenvalue weighted by molar-refractivity contribution is 0.335. The number of allylic oxidation sites excluding steroid dienone is 3. The fourth-order valence-corrected chi connectivity index (χ4v) is 2.20. The van der Waals surface area contributed by atoms with Crippen LogP contribution in [-0.2, 0) is 6.54 Å². The Hall–Kier alpha value is -2.72. The fraction of sp³-hybridized carbons (Fsp3) is 0.158. The van der Waals surface area contributed by atoms with Gasteiger partial charge < -0.3 is 10.4 Å². The predicted molar refractivity (Wildman–Crippen MR) is 94.8 cm³/mol. The number of rotatable bonds is 7. The van der Waals surface area contributed by atoms with Crippen LogP contribution in [0.2, 0.25) is 0 Å². The Morgan fingerprint density at radius 3 is 2.70 bits per heavy atom. The van der Waals surface area contributed by atoms with Crippen molar-refractivity contribution in [1.29, 1.82) is 0 Å². The maximum absolute atomic E-state index is 9.52. The average Bonchev–Trinajstić information content (AvgIpc) is 2.61. The van der Waals surface area contributed by atoms with Gasteiger partial charge in [-0.05, 0) is 18.1 Å². The molecule has 0 spiro atoms. The zero-order chi connectivity index (χ0) is 16.5. The summed E-state index contributed by atoms with van der Waals surface area (Å²) in [5.41, 5.74) is 3.39. The van der Waals surface area contributed by atoms with E-state index in [9.17, 15) is 5.11 Å². The minimum atomic E-state index is -0.0744. The van der Waals surface area contributed by atoms with Crippen molar-refractivity contribution in [1.82, 2.24) is 9.97 Å². The van der Waals surface area contributed by atoms with E-state index in [1.165, 1.54) is 5.56 Å². The van der Waals surface area contributed by atoms with Crippen LogP contribution in [0.1, 0.15) is 18.2 Å². The van der Waals surface area contributed by atoms with E-state index >= 15 is 0 Å². The highest BCUT2D eigenvalue weighted by Crippen LogP contribution is 2.20. The average molecular weight is 307 g/mol. The summed E-state index contributed by atoms with van der Waals surface area (Å²) >= 11 is 0. The summed E-state index contributed by atoms with van der Waals surface area (Å²) in [5, 5.41) is 12.8. The van der Waals surface area contributed by atoms with Crippen molar-refractivity contribution in [2.75, 3.05) is 11.9 Å². The van der Waals surface area contributed by atoms with E-state index in [0.29, 0.717) is 18.1 Å². The van der Waals surface area contributed by atoms with Gasteiger partial charge in [-0.1, -0.05) is 55.1 Å². The Balaban J connectivity index is 2.23. The van der Waals surface area contributed by atoms with E-state index in [2.05, 4.69) is 34.0 Å². The summed E-state index contributed by atoms with van der Waals surface area (Å²) in [4.78, 5) is 8.79. The van der Waals surface area contributed by atoms with Gasteiger partial charge in [0.05, 0.1) is 24.7 Å². The third kappa shape index (κ3) is 4.63. The van der Waals surface area contributed by atoms with Gasteiger partial charge in [0, 0.05) is 12.1 Å². The van der Waals surface area contributed by atoms with Crippen LogP contribution in [0.15, 0.2) is 73.1 Å².